The largest absolute Gasteiger partial charge is 0.147 e. The van der Waals surface area contributed by atoms with Crippen LogP contribution in [0.3, 0.4) is 0 Å². The fraction of sp³-hybridized carbons (Fsp3) is 0.600. The van der Waals surface area contributed by atoms with Gasteiger partial charge in [0.15, 0.2) is 0 Å². The van der Waals surface area contributed by atoms with E-state index in [0.717, 1.165) is 16.8 Å². The summed E-state index contributed by atoms with van der Waals surface area (Å²) in [6, 6.07) is 0. The first-order valence-corrected chi connectivity index (χ1v) is 6.62. The van der Waals surface area contributed by atoms with Crippen LogP contribution in [0.5, 0.6) is 0 Å². The van der Waals surface area contributed by atoms with Crippen LogP contribution in [-0.4, -0.2) is 5.33 Å². The molecular formula is C10H14BrClS. The van der Waals surface area contributed by atoms with Crippen molar-refractivity contribution in [2.45, 2.75) is 27.2 Å². The van der Waals surface area contributed by atoms with Gasteiger partial charge in [-0.2, -0.15) is 0 Å². The van der Waals surface area contributed by atoms with Crippen molar-refractivity contribution in [2.24, 2.45) is 5.41 Å². The van der Waals surface area contributed by atoms with Crippen molar-refractivity contribution in [2.75, 3.05) is 5.33 Å². The molecule has 0 bridgehead atoms. The zero-order chi connectivity index (χ0) is 10.1. The molecule has 0 saturated carbocycles. The fourth-order valence-electron chi connectivity index (χ4n) is 1.08. The van der Waals surface area contributed by atoms with Crippen molar-refractivity contribution in [1.82, 2.24) is 0 Å². The molecule has 1 aromatic rings. The van der Waals surface area contributed by atoms with E-state index in [1.807, 2.05) is 0 Å². The Bertz CT molecular complexity index is 291. The number of thiophene rings is 1. The molecule has 0 N–H and O–H groups in total. The van der Waals surface area contributed by atoms with Gasteiger partial charge in [-0.3, -0.25) is 0 Å². The minimum absolute atomic E-state index is 0.293. The lowest BCUT2D eigenvalue weighted by Crippen LogP contribution is -2.15. The lowest BCUT2D eigenvalue weighted by Gasteiger charge is -2.20. The standard InChI is InChI=1S/C10H14BrClS/c1-7-5-13-8(9(7)12)4-10(2,3)6-11/h5H,4,6H2,1-3H3. The van der Waals surface area contributed by atoms with Crippen molar-refractivity contribution >= 4 is 38.9 Å². The Morgan fingerprint density at radius 1 is 1.54 bits per heavy atom. The lowest BCUT2D eigenvalue weighted by molar-refractivity contribution is 0.428. The normalized spacial score (nSPS) is 12.1. The molecule has 0 saturated heterocycles. The highest BCUT2D eigenvalue weighted by Gasteiger charge is 2.19. The molecule has 0 fully saturated rings. The molecule has 0 atom stereocenters. The lowest BCUT2D eigenvalue weighted by atomic mass is 9.91. The summed E-state index contributed by atoms with van der Waals surface area (Å²) in [5.74, 6) is 0. The fourth-order valence-corrected chi connectivity index (χ4v) is 2.78. The van der Waals surface area contributed by atoms with Crippen LogP contribution in [0.1, 0.15) is 24.3 Å². The van der Waals surface area contributed by atoms with Gasteiger partial charge in [0.05, 0.1) is 5.02 Å². The van der Waals surface area contributed by atoms with E-state index in [2.05, 4.69) is 42.1 Å². The molecule has 0 amide bonds. The van der Waals surface area contributed by atoms with Gasteiger partial charge in [-0.15, -0.1) is 11.3 Å². The molecule has 0 aliphatic carbocycles. The highest BCUT2D eigenvalue weighted by Crippen LogP contribution is 2.33. The number of hydrogen-bond acceptors (Lipinski definition) is 1. The first-order chi connectivity index (χ1) is 5.96. The van der Waals surface area contributed by atoms with Crippen molar-refractivity contribution < 1.29 is 0 Å². The molecule has 13 heavy (non-hydrogen) atoms. The SMILES string of the molecule is Cc1csc(CC(C)(C)CBr)c1Cl. The molecule has 1 rings (SSSR count). The summed E-state index contributed by atoms with van der Waals surface area (Å²) in [4.78, 5) is 1.31. The quantitative estimate of drug-likeness (QED) is 0.706. The minimum atomic E-state index is 0.293. The Hall–Kier alpha value is 0.470. The van der Waals surface area contributed by atoms with Gasteiger partial charge in [0, 0.05) is 10.2 Å². The number of hydrogen-bond donors (Lipinski definition) is 0. The minimum Gasteiger partial charge on any atom is -0.147 e. The van der Waals surface area contributed by atoms with Gasteiger partial charge in [0.2, 0.25) is 0 Å². The Labute approximate surface area is 97.4 Å². The van der Waals surface area contributed by atoms with E-state index in [4.69, 9.17) is 11.6 Å². The number of halogens is 2. The van der Waals surface area contributed by atoms with Crippen LogP contribution in [0.15, 0.2) is 5.38 Å². The second kappa shape index (κ2) is 4.33. The highest BCUT2D eigenvalue weighted by atomic mass is 79.9. The van der Waals surface area contributed by atoms with Crippen LogP contribution >= 0.6 is 38.9 Å². The van der Waals surface area contributed by atoms with E-state index in [0.29, 0.717) is 5.41 Å². The maximum absolute atomic E-state index is 6.17. The molecule has 0 unspecified atom stereocenters. The number of alkyl halides is 1. The monoisotopic (exact) mass is 280 g/mol. The molecule has 1 aromatic heterocycles. The molecule has 74 valence electrons. The van der Waals surface area contributed by atoms with E-state index < -0.39 is 0 Å². The van der Waals surface area contributed by atoms with E-state index in [-0.39, 0.29) is 0 Å². The summed E-state index contributed by atoms with van der Waals surface area (Å²) in [5.41, 5.74) is 1.49. The van der Waals surface area contributed by atoms with E-state index >= 15 is 0 Å². The maximum Gasteiger partial charge on any atom is 0.0574 e. The third kappa shape index (κ3) is 2.97. The predicted octanol–water partition coefficient (Wildman–Crippen LogP) is 4.67. The molecular weight excluding hydrogens is 268 g/mol. The zero-order valence-corrected chi connectivity index (χ0v) is 11.3. The Morgan fingerprint density at radius 2 is 2.15 bits per heavy atom. The zero-order valence-electron chi connectivity index (χ0n) is 8.16. The average Bonchev–Trinajstić information content (AvgIpc) is 2.36. The van der Waals surface area contributed by atoms with Crippen LogP contribution in [0.4, 0.5) is 0 Å². The van der Waals surface area contributed by atoms with Crippen molar-refractivity contribution in [3.05, 3.63) is 20.8 Å². The molecule has 1 heterocycles. The van der Waals surface area contributed by atoms with Gasteiger partial charge >= 0.3 is 0 Å². The second-order valence-corrected chi connectivity index (χ2v) is 6.03. The van der Waals surface area contributed by atoms with E-state index in [1.54, 1.807) is 11.3 Å². The summed E-state index contributed by atoms with van der Waals surface area (Å²) < 4.78 is 0. The van der Waals surface area contributed by atoms with Gasteiger partial charge < -0.3 is 0 Å². The third-order valence-corrected chi connectivity index (χ3v) is 5.23. The van der Waals surface area contributed by atoms with Crippen molar-refractivity contribution in [1.29, 1.82) is 0 Å². The molecule has 0 aliphatic rings. The Kier molecular flexibility index (Phi) is 3.84. The Balaban J connectivity index is 2.80. The molecule has 0 nitrogen and oxygen atoms in total. The third-order valence-electron chi connectivity index (χ3n) is 1.97. The highest BCUT2D eigenvalue weighted by molar-refractivity contribution is 9.09. The number of rotatable bonds is 3. The second-order valence-electron chi connectivity index (χ2n) is 4.13. The predicted molar refractivity (Wildman–Crippen MR) is 65.3 cm³/mol. The average molecular weight is 282 g/mol. The van der Waals surface area contributed by atoms with Gasteiger partial charge in [0.1, 0.15) is 0 Å². The van der Waals surface area contributed by atoms with Crippen molar-refractivity contribution in [3.8, 4) is 0 Å². The first kappa shape index (κ1) is 11.5. The maximum atomic E-state index is 6.17. The van der Waals surface area contributed by atoms with Gasteiger partial charge in [0.25, 0.3) is 0 Å². The molecule has 0 spiro atoms. The molecule has 0 radical (unpaired) electrons. The molecule has 0 aromatic carbocycles. The summed E-state index contributed by atoms with van der Waals surface area (Å²) >= 11 is 11.5. The summed E-state index contributed by atoms with van der Waals surface area (Å²) in [6.07, 6.45) is 1.05. The van der Waals surface area contributed by atoms with E-state index in [9.17, 15) is 0 Å². The number of aryl methyl sites for hydroxylation is 1. The van der Waals surface area contributed by atoms with Crippen LogP contribution in [0.2, 0.25) is 5.02 Å². The topological polar surface area (TPSA) is 0 Å². The van der Waals surface area contributed by atoms with Gasteiger partial charge in [-0.25, -0.2) is 0 Å². The van der Waals surface area contributed by atoms with Crippen LogP contribution in [0, 0.1) is 12.3 Å². The van der Waals surface area contributed by atoms with Gasteiger partial charge in [-0.05, 0) is 29.7 Å². The molecule has 3 heteroatoms. The molecule has 0 aliphatic heterocycles. The van der Waals surface area contributed by atoms with Gasteiger partial charge in [-0.1, -0.05) is 41.4 Å². The summed E-state index contributed by atoms with van der Waals surface area (Å²) in [7, 11) is 0. The van der Waals surface area contributed by atoms with Crippen LogP contribution in [0.25, 0.3) is 0 Å². The summed E-state index contributed by atoms with van der Waals surface area (Å²) in [5, 5.41) is 4.09. The smallest absolute Gasteiger partial charge is 0.0574 e. The van der Waals surface area contributed by atoms with Crippen molar-refractivity contribution in [3.63, 3.8) is 0 Å². The first-order valence-electron chi connectivity index (χ1n) is 4.25. The summed E-state index contributed by atoms with van der Waals surface area (Å²) in [6.45, 7) is 6.55. The van der Waals surface area contributed by atoms with E-state index in [1.165, 1.54) is 10.4 Å². The van der Waals surface area contributed by atoms with Crippen LogP contribution in [-0.2, 0) is 6.42 Å². The Morgan fingerprint density at radius 3 is 2.54 bits per heavy atom. The van der Waals surface area contributed by atoms with Crippen LogP contribution < -0.4 is 0 Å².